The number of hydrogen-bond donors (Lipinski definition) is 4. The molecule has 122 valence electrons. The third-order valence-corrected chi connectivity index (χ3v) is 2.94. The zero-order valence-corrected chi connectivity index (χ0v) is 12.5. The number of rotatable bonds is 1. The van der Waals surface area contributed by atoms with Crippen molar-refractivity contribution in [3.8, 4) is 11.4 Å². The number of nitrogens with one attached hydrogen (secondary N) is 2. The second kappa shape index (κ2) is 6.20. The van der Waals surface area contributed by atoms with E-state index in [1.807, 2.05) is 0 Å². The van der Waals surface area contributed by atoms with Crippen LogP contribution in [0.25, 0.3) is 22.4 Å². The van der Waals surface area contributed by atoms with Crippen LogP contribution in [0, 0.1) is 0 Å². The van der Waals surface area contributed by atoms with Gasteiger partial charge in [-0.15, -0.1) is 5.10 Å². The third-order valence-electron chi connectivity index (χ3n) is 2.39. The van der Waals surface area contributed by atoms with Crippen LogP contribution >= 0.6 is 15.9 Å². The van der Waals surface area contributed by atoms with E-state index >= 15 is 0 Å². The Morgan fingerprint density at radius 3 is 2.48 bits per heavy atom. The average Bonchev–Trinajstić information content (AvgIpc) is 3.02. The van der Waals surface area contributed by atoms with Crippen molar-refractivity contribution in [1.82, 2.24) is 30.4 Å². The second-order valence-corrected chi connectivity index (χ2v) is 4.69. The van der Waals surface area contributed by atoms with Crippen molar-refractivity contribution in [1.29, 1.82) is 0 Å². The van der Waals surface area contributed by atoms with E-state index in [0.717, 1.165) is 5.52 Å². The third kappa shape index (κ3) is 3.74. The summed E-state index contributed by atoms with van der Waals surface area (Å²) in [6, 6.07) is 1.80. The van der Waals surface area contributed by atoms with Crippen LogP contribution in [0.15, 0.2) is 16.9 Å². The molecule has 0 saturated heterocycles. The Kier molecular flexibility index (Phi) is 4.49. The number of hydrogen-bond acceptors (Lipinski definition) is 6. The molecule has 0 atom stereocenters. The first kappa shape index (κ1) is 16.7. The standard InChI is InChI=1S/C8H6BrN7.C2HF3O2/c9-7-6(14-16-15-7)5-4-3(1-2-11-5)12-8(10)13-4;3-2(4,5)1(6)7/h1-2H,(H3,10,12,13)(H,14,15,16);(H,6,7). The lowest BCUT2D eigenvalue weighted by atomic mass is 10.2. The number of carboxylic acids is 1. The molecule has 3 rings (SSSR count). The molecule has 0 aromatic carbocycles. The van der Waals surface area contributed by atoms with E-state index in [0.29, 0.717) is 27.5 Å². The molecule has 0 spiro atoms. The molecule has 0 aliphatic carbocycles. The fourth-order valence-electron chi connectivity index (χ4n) is 1.50. The van der Waals surface area contributed by atoms with Crippen molar-refractivity contribution in [2.24, 2.45) is 0 Å². The van der Waals surface area contributed by atoms with Crippen molar-refractivity contribution in [2.45, 2.75) is 6.18 Å². The second-order valence-electron chi connectivity index (χ2n) is 3.94. The van der Waals surface area contributed by atoms with Gasteiger partial charge in [-0.1, -0.05) is 0 Å². The van der Waals surface area contributed by atoms with Gasteiger partial charge < -0.3 is 15.8 Å². The summed E-state index contributed by atoms with van der Waals surface area (Å²) in [6.45, 7) is 0. The maximum Gasteiger partial charge on any atom is 0.490 e. The number of imidazole rings is 1. The largest absolute Gasteiger partial charge is 0.490 e. The van der Waals surface area contributed by atoms with Crippen LogP contribution in [-0.2, 0) is 4.79 Å². The fourth-order valence-corrected chi connectivity index (χ4v) is 1.85. The van der Waals surface area contributed by atoms with Crippen LogP contribution < -0.4 is 5.73 Å². The number of alkyl halides is 3. The van der Waals surface area contributed by atoms with E-state index < -0.39 is 12.1 Å². The number of fused-ring (bicyclic) bond motifs is 1. The molecule has 0 radical (unpaired) electrons. The molecule has 5 N–H and O–H groups in total. The number of carbonyl (C=O) groups is 1. The van der Waals surface area contributed by atoms with Crippen LogP contribution in [0.4, 0.5) is 19.1 Å². The van der Waals surface area contributed by atoms with Gasteiger partial charge in [0.1, 0.15) is 16.9 Å². The molecule has 0 saturated carbocycles. The molecule has 3 aromatic rings. The van der Waals surface area contributed by atoms with Crippen molar-refractivity contribution in [3.63, 3.8) is 0 Å². The molecule has 9 nitrogen and oxygen atoms in total. The van der Waals surface area contributed by atoms with Gasteiger partial charge in [-0.2, -0.15) is 23.5 Å². The van der Waals surface area contributed by atoms with Crippen molar-refractivity contribution < 1.29 is 23.1 Å². The topological polar surface area (TPSA) is 146 Å². The number of nitrogen functional groups attached to an aromatic ring is 1. The minimum absolute atomic E-state index is 0.351. The number of halogens is 4. The van der Waals surface area contributed by atoms with Crippen LogP contribution in [0.3, 0.4) is 0 Å². The van der Waals surface area contributed by atoms with Gasteiger partial charge in [0.05, 0.1) is 5.52 Å². The first-order valence-corrected chi connectivity index (χ1v) is 6.46. The summed E-state index contributed by atoms with van der Waals surface area (Å²) in [6.07, 6.45) is -3.42. The zero-order chi connectivity index (χ0) is 17.2. The van der Waals surface area contributed by atoms with Crippen LogP contribution in [0.1, 0.15) is 0 Å². The predicted molar refractivity (Wildman–Crippen MR) is 75.1 cm³/mol. The number of nitrogens with two attached hydrogens (primary N) is 1. The monoisotopic (exact) mass is 393 g/mol. The Labute approximate surface area is 133 Å². The summed E-state index contributed by atoms with van der Waals surface area (Å²) in [4.78, 5) is 20.2. The molecule has 0 aliphatic heterocycles. The zero-order valence-electron chi connectivity index (χ0n) is 10.9. The highest BCUT2D eigenvalue weighted by molar-refractivity contribution is 9.10. The highest BCUT2D eigenvalue weighted by atomic mass is 79.9. The van der Waals surface area contributed by atoms with Crippen LogP contribution in [0.2, 0.25) is 0 Å². The van der Waals surface area contributed by atoms with E-state index in [1.165, 1.54) is 0 Å². The van der Waals surface area contributed by atoms with Crippen molar-refractivity contribution in [3.05, 3.63) is 16.9 Å². The molecule has 13 heteroatoms. The van der Waals surface area contributed by atoms with Crippen LogP contribution in [-0.4, -0.2) is 47.6 Å². The number of pyridine rings is 1. The lowest BCUT2D eigenvalue weighted by Crippen LogP contribution is -2.21. The summed E-state index contributed by atoms with van der Waals surface area (Å²) in [7, 11) is 0. The Hall–Kier alpha value is -2.70. The van der Waals surface area contributed by atoms with E-state index in [4.69, 9.17) is 15.6 Å². The number of aromatic nitrogens is 6. The summed E-state index contributed by atoms with van der Waals surface area (Å²) < 4.78 is 32.3. The Morgan fingerprint density at radius 2 is 1.96 bits per heavy atom. The van der Waals surface area contributed by atoms with E-state index in [9.17, 15) is 13.2 Å². The van der Waals surface area contributed by atoms with Crippen molar-refractivity contribution >= 4 is 38.9 Å². The Morgan fingerprint density at radius 1 is 1.30 bits per heavy atom. The molecule has 0 amide bonds. The first-order valence-electron chi connectivity index (χ1n) is 5.67. The molecule has 23 heavy (non-hydrogen) atoms. The summed E-state index contributed by atoms with van der Waals surface area (Å²) in [5.41, 5.74) is 8.33. The molecule has 0 bridgehead atoms. The molecule has 0 aliphatic rings. The Bertz CT molecular complexity index is 844. The smallest absolute Gasteiger partial charge is 0.475 e. The minimum atomic E-state index is -5.08. The van der Waals surface area contributed by atoms with Gasteiger partial charge in [0.25, 0.3) is 0 Å². The molecule has 3 aromatic heterocycles. The molecule has 0 fully saturated rings. The van der Waals surface area contributed by atoms with Gasteiger partial charge in [-0.05, 0) is 22.0 Å². The number of aliphatic carboxylic acids is 1. The van der Waals surface area contributed by atoms with E-state index in [1.54, 1.807) is 12.3 Å². The molecular weight excluding hydrogens is 387 g/mol. The number of aromatic amines is 2. The molecule has 0 unspecified atom stereocenters. The summed E-state index contributed by atoms with van der Waals surface area (Å²) in [5.74, 6) is -2.41. The summed E-state index contributed by atoms with van der Waals surface area (Å²) in [5, 5.41) is 17.5. The van der Waals surface area contributed by atoms with Gasteiger partial charge in [-0.3, -0.25) is 4.98 Å². The van der Waals surface area contributed by atoms with Gasteiger partial charge >= 0.3 is 12.1 Å². The number of H-pyrrole nitrogens is 2. The fraction of sp³-hybridized carbons (Fsp3) is 0.100. The number of anilines is 1. The number of nitrogens with zero attached hydrogens (tertiary/aromatic N) is 4. The highest BCUT2D eigenvalue weighted by Gasteiger charge is 2.38. The maximum absolute atomic E-state index is 10.6. The molecule has 3 heterocycles. The summed E-state index contributed by atoms with van der Waals surface area (Å²) >= 11 is 3.28. The van der Waals surface area contributed by atoms with Gasteiger partial charge in [0.15, 0.2) is 10.6 Å². The predicted octanol–water partition coefficient (Wildman–Crippen LogP) is 1.72. The van der Waals surface area contributed by atoms with Gasteiger partial charge in [0.2, 0.25) is 0 Å². The SMILES string of the molecule is Nc1nc2c(-c3n[nH]nc3Br)nccc2[nH]1.O=C(O)C(F)(F)F. The quantitative estimate of drug-likeness (QED) is 0.492. The van der Waals surface area contributed by atoms with E-state index in [-0.39, 0.29) is 0 Å². The Balaban J connectivity index is 0.000000236. The van der Waals surface area contributed by atoms with Gasteiger partial charge in [-0.25, -0.2) is 9.78 Å². The lowest BCUT2D eigenvalue weighted by molar-refractivity contribution is -0.192. The minimum Gasteiger partial charge on any atom is -0.475 e. The lowest BCUT2D eigenvalue weighted by Gasteiger charge is -1.96. The average molecular weight is 394 g/mol. The van der Waals surface area contributed by atoms with Gasteiger partial charge in [0, 0.05) is 6.20 Å². The number of carboxylic acid groups (broad SMARTS) is 1. The van der Waals surface area contributed by atoms with E-state index in [2.05, 4.69) is 46.3 Å². The first-order chi connectivity index (χ1) is 10.7. The van der Waals surface area contributed by atoms with Crippen LogP contribution in [0.5, 0.6) is 0 Å². The maximum atomic E-state index is 10.6. The van der Waals surface area contributed by atoms with Crippen molar-refractivity contribution in [2.75, 3.05) is 5.73 Å². The normalized spacial score (nSPS) is 11.1. The highest BCUT2D eigenvalue weighted by Crippen LogP contribution is 2.27. The molecular formula is C10H7BrF3N7O2.